The van der Waals surface area contributed by atoms with Crippen LogP contribution in [0, 0.1) is 0 Å². The second-order valence-corrected chi connectivity index (χ2v) is 11.9. The topological polar surface area (TPSA) is 142 Å². The number of nitrogens with zero attached hydrogens (tertiary/aromatic N) is 2. The predicted molar refractivity (Wildman–Crippen MR) is 164 cm³/mol. The average Bonchev–Trinajstić information content (AvgIpc) is 2.97. The van der Waals surface area contributed by atoms with Gasteiger partial charge in [-0.2, -0.15) is 0 Å². The number of halogens is 2. The lowest BCUT2D eigenvalue weighted by atomic mass is 10.1. The van der Waals surface area contributed by atoms with Gasteiger partial charge in [0.15, 0.2) is 12.0 Å². The molecular weight excluding hydrogens is 599 g/mol. The summed E-state index contributed by atoms with van der Waals surface area (Å²) in [5, 5.41) is 13.0. The van der Waals surface area contributed by atoms with E-state index in [4.69, 9.17) is 28.9 Å². The molecule has 0 fully saturated rings. The molecule has 4 aromatic carbocycles. The lowest BCUT2D eigenvalue weighted by Gasteiger charge is -2.22. The zero-order valence-electron chi connectivity index (χ0n) is 22.2. The Morgan fingerprint density at radius 2 is 1.50 bits per heavy atom. The minimum absolute atomic E-state index is 0.000520. The van der Waals surface area contributed by atoms with Gasteiger partial charge in [-0.05, 0) is 54.1 Å². The summed E-state index contributed by atoms with van der Waals surface area (Å²) >= 11 is 12.2. The summed E-state index contributed by atoms with van der Waals surface area (Å²) < 4.78 is 26.6. The Morgan fingerprint density at radius 1 is 0.905 bits per heavy atom. The number of carboxylic acid groups (broad SMARTS) is 1. The number of sulfone groups is 1. The Hall–Kier alpha value is -4.38. The summed E-state index contributed by atoms with van der Waals surface area (Å²) in [6, 6.07) is 24.2. The van der Waals surface area contributed by atoms with Crippen LogP contribution in [-0.2, 0) is 21.1 Å². The number of aliphatic carboxylic acids is 1. The molecule has 0 aliphatic rings. The number of nitrogens with two attached hydrogens (primary N) is 1. The average molecular weight is 626 g/mol. The monoisotopic (exact) mass is 624 g/mol. The molecule has 0 heterocycles. The molecule has 4 N–H and O–H groups in total. The second kappa shape index (κ2) is 13.1. The van der Waals surface area contributed by atoms with E-state index in [1.807, 2.05) is 0 Å². The van der Waals surface area contributed by atoms with Crippen LogP contribution >= 0.6 is 23.2 Å². The minimum atomic E-state index is -3.89. The van der Waals surface area contributed by atoms with Crippen LogP contribution in [-0.4, -0.2) is 44.4 Å². The Balaban J connectivity index is 1.52. The van der Waals surface area contributed by atoms with Gasteiger partial charge in [0.05, 0.1) is 31.1 Å². The summed E-state index contributed by atoms with van der Waals surface area (Å²) in [5.41, 5.74) is 7.65. The number of anilines is 2. The Morgan fingerprint density at radius 3 is 2.12 bits per heavy atom. The quantitative estimate of drug-likeness (QED) is 0.164. The van der Waals surface area contributed by atoms with Crippen LogP contribution in [0.2, 0.25) is 10.0 Å². The molecule has 1 atom stereocenters. The summed E-state index contributed by atoms with van der Waals surface area (Å²) in [7, 11) is -2.38. The van der Waals surface area contributed by atoms with Crippen molar-refractivity contribution in [1.82, 2.24) is 0 Å². The minimum Gasteiger partial charge on any atom is -0.480 e. The number of para-hydroxylation sites is 1. The van der Waals surface area contributed by atoms with Crippen molar-refractivity contribution in [2.24, 2.45) is 10.7 Å². The number of rotatable bonds is 9. The van der Waals surface area contributed by atoms with E-state index in [0.717, 1.165) is 0 Å². The fourth-order valence-corrected chi connectivity index (χ4v) is 6.18. The first-order chi connectivity index (χ1) is 20.0. The Labute approximate surface area is 253 Å². The summed E-state index contributed by atoms with van der Waals surface area (Å²) in [6.45, 7) is 0. The zero-order valence-corrected chi connectivity index (χ0v) is 24.6. The number of hydrogen-bond donors (Lipinski definition) is 3. The molecule has 0 radical (unpaired) electrons. The van der Waals surface area contributed by atoms with Gasteiger partial charge in [0.2, 0.25) is 9.84 Å². The van der Waals surface area contributed by atoms with E-state index in [2.05, 4.69) is 10.3 Å². The molecule has 216 valence electrons. The number of benzene rings is 4. The molecule has 0 aliphatic carbocycles. The van der Waals surface area contributed by atoms with Crippen molar-refractivity contribution in [1.29, 1.82) is 0 Å². The number of carboxylic acids is 1. The first-order valence-corrected chi connectivity index (χ1v) is 14.8. The number of aliphatic imine (C=N–C) groups is 1. The summed E-state index contributed by atoms with van der Waals surface area (Å²) in [4.78, 5) is 30.4. The molecule has 0 saturated heterocycles. The van der Waals surface area contributed by atoms with Gasteiger partial charge in [0.1, 0.15) is 0 Å². The third kappa shape index (κ3) is 6.91. The van der Waals surface area contributed by atoms with Crippen LogP contribution in [0.3, 0.4) is 0 Å². The molecule has 9 nitrogen and oxygen atoms in total. The molecule has 0 saturated carbocycles. The van der Waals surface area contributed by atoms with Crippen molar-refractivity contribution in [3.63, 3.8) is 0 Å². The standard InChI is InChI=1S/C30H26Cl2N4O5S/c1-36(25-12-5-6-13-26(25)42(40,41)21-8-3-2-4-9-21)30(33)35-24(29(38)39)18-19-14-16-20(17-15-19)34-28(37)27-22(31)10-7-11-23(27)32/h2-17,24H,18H2,1H3,(H2,33,35)(H,34,37)(H,38,39)/t24-/m0/s1. The van der Waals surface area contributed by atoms with Crippen molar-refractivity contribution >= 4 is 62.2 Å². The fraction of sp³-hybridized carbons (Fsp3) is 0.100. The highest BCUT2D eigenvalue weighted by molar-refractivity contribution is 7.91. The lowest BCUT2D eigenvalue weighted by Crippen LogP contribution is -2.37. The Bertz CT molecular complexity index is 1730. The van der Waals surface area contributed by atoms with Crippen LogP contribution in [0.25, 0.3) is 0 Å². The van der Waals surface area contributed by atoms with Gasteiger partial charge in [0.25, 0.3) is 5.91 Å². The van der Waals surface area contributed by atoms with Crippen LogP contribution in [0.5, 0.6) is 0 Å². The number of carbonyl (C=O) groups is 2. The van der Waals surface area contributed by atoms with Gasteiger partial charge in [-0.3, -0.25) is 4.79 Å². The van der Waals surface area contributed by atoms with E-state index in [9.17, 15) is 23.1 Å². The first-order valence-electron chi connectivity index (χ1n) is 12.5. The van der Waals surface area contributed by atoms with Gasteiger partial charge < -0.3 is 21.1 Å². The predicted octanol–water partition coefficient (Wildman–Crippen LogP) is 5.53. The molecule has 4 aromatic rings. The van der Waals surface area contributed by atoms with E-state index in [0.29, 0.717) is 11.3 Å². The molecule has 12 heteroatoms. The highest BCUT2D eigenvalue weighted by atomic mass is 35.5. The molecule has 0 unspecified atom stereocenters. The molecule has 0 aromatic heterocycles. The van der Waals surface area contributed by atoms with Gasteiger partial charge in [-0.1, -0.05) is 71.7 Å². The van der Waals surface area contributed by atoms with E-state index in [1.54, 1.807) is 78.9 Å². The van der Waals surface area contributed by atoms with Crippen molar-refractivity contribution in [3.8, 4) is 0 Å². The van der Waals surface area contributed by atoms with Crippen molar-refractivity contribution in [2.45, 2.75) is 22.3 Å². The third-order valence-electron chi connectivity index (χ3n) is 6.32. The third-order valence-corrected chi connectivity index (χ3v) is 8.76. The van der Waals surface area contributed by atoms with Gasteiger partial charge in [-0.25, -0.2) is 18.2 Å². The largest absolute Gasteiger partial charge is 0.480 e. The van der Waals surface area contributed by atoms with Gasteiger partial charge in [0, 0.05) is 19.2 Å². The molecule has 0 spiro atoms. The molecular formula is C30H26Cl2N4O5S. The molecule has 4 rings (SSSR count). The Kier molecular flexibility index (Phi) is 9.52. The van der Waals surface area contributed by atoms with E-state index in [1.165, 1.54) is 30.1 Å². The van der Waals surface area contributed by atoms with Gasteiger partial charge in [-0.15, -0.1) is 0 Å². The molecule has 0 aliphatic heterocycles. The number of guanidine groups is 1. The summed E-state index contributed by atoms with van der Waals surface area (Å²) in [6.07, 6.45) is -0.0155. The molecule has 0 bridgehead atoms. The lowest BCUT2D eigenvalue weighted by molar-refractivity contribution is -0.138. The SMILES string of the molecule is CN(C(N)=N[C@@H](Cc1ccc(NC(=O)c2c(Cl)cccc2Cl)cc1)C(=O)O)c1ccccc1S(=O)(=O)c1ccccc1. The maximum absolute atomic E-state index is 13.3. The van der Waals surface area contributed by atoms with Crippen molar-refractivity contribution in [2.75, 3.05) is 17.3 Å². The normalized spacial score (nSPS) is 12.4. The van der Waals surface area contributed by atoms with Gasteiger partial charge >= 0.3 is 5.97 Å². The summed E-state index contributed by atoms with van der Waals surface area (Å²) in [5.74, 6) is -1.89. The van der Waals surface area contributed by atoms with E-state index >= 15 is 0 Å². The van der Waals surface area contributed by atoms with E-state index in [-0.39, 0.29) is 43.5 Å². The highest BCUT2D eigenvalue weighted by Crippen LogP contribution is 2.30. The molecule has 1 amide bonds. The fourth-order valence-electron chi connectivity index (χ4n) is 4.10. The number of carbonyl (C=O) groups excluding carboxylic acids is 1. The smallest absolute Gasteiger partial charge is 0.328 e. The van der Waals surface area contributed by atoms with E-state index < -0.39 is 27.8 Å². The number of hydrogen-bond acceptors (Lipinski definition) is 5. The van der Waals surface area contributed by atoms with Crippen LogP contribution in [0.15, 0.2) is 112 Å². The maximum Gasteiger partial charge on any atom is 0.328 e. The first kappa shape index (κ1) is 30.6. The second-order valence-electron chi connectivity index (χ2n) is 9.14. The maximum atomic E-state index is 13.3. The van der Waals surface area contributed by atoms with Crippen LogP contribution in [0.1, 0.15) is 15.9 Å². The van der Waals surface area contributed by atoms with Crippen molar-refractivity contribution in [3.05, 3.63) is 118 Å². The number of amides is 1. The van der Waals surface area contributed by atoms with Crippen molar-refractivity contribution < 1.29 is 23.1 Å². The number of nitrogens with one attached hydrogen (secondary N) is 1. The highest BCUT2D eigenvalue weighted by Gasteiger charge is 2.25. The van der Waals surface area contributed by atoms with Crippen LogP contribution in [0.4, 0.5) is 11.4 Å². The van der Waals surface area contributed by atoms with Crippen LogP contribution < -0.4 is 16.0 Å². The zero-order chi connectivity index (χ0) is 30.4. The molecule has 42 heavy (non-hydrogen) atoms.